The van der Waals surface area contributed by atoms with Crippen LogP contribution in [0.5, 0.6) is 5.75 Å². The first-order valence-electron chi connectivity index (χ1n) is 9.56. The van der Waals surface area contributed by atoms with E-state index >= 15 is 0 Å². The van der Waals surface area contributed by atoms with Crippen LogP contribution in [-0.2, 0) is 4.79 Å². The molecule has 1 amide bonds. The summed E-state index contributed by atoms with van der Waals surface area (Å²) in [7, 11) is 0. The second-order valence-corrected chi connectivity index (χ2v) is 7.49. The monoisotopic (exact) mass is 408 g/mol. The van der Waals surface area contributed by atoms with E-state index in [4.69, 9.17) is 14.9 Å². The smallest absolute Gasteiger partial charge is 0.339 e. The standard InChI is InChI=1S/C21H28N2O4.ClH/c1-13-9-17(20-14(2)15(3)21(25)27-18(20)10-13)26-12-19(24)23-8-4-5-16(11-23)6-7-22;/h9-10,16H,4-8,11-12,22H2,1-3H3;1H. The van der Waals surface area contributed by atoms with Gasteiger partial charge in [-0.2, -0.15) is 0 Å². The maximum absolute atomic E-state index is 12.6. The van der Waals surface area contributed by atoms with Crippen molar-refractivity contribution in [3.05, 3.63) is 39.2 Å². The number of aryl methyl sites for hydroxylation is 2. The number of nitrogens with two attached hydrogens (primary N) is 1. The summed E-state index contributed by atoms with van der Waals surface area (Å²) in [6, 6.07) is 3.70. The quantitative estimate of drug-likeness (QED) is 0.768. The van der Waals surface area contributed by atoms with Crippen molar-refractivity contribution in [2.24, 2.45) is 11.7 Å². The fourth-order valence-electron chi connectivity index (χ4n) is 3.80. The van der Waals surface area contributed by atoms with Crippen LogP contribution in [0.2, 0.25) is 0 Å². The third-order valence-corrected chi connectivity index (χ3v) is 5.45. The van der Waals surface area contributed by atoms with Crippen LogP contribution in [0.25, 0.3) is 11.0 Å². The summed E-state index contributed by atoms with van der Waals surface area (Å²) < 4.78 is 11.3. The number of amides is 1. The Balaban J connectivity index is 0.00000280. The van der Waals surface area contributed by atoms with Crippen LogP contribution >= 0.6 is 12.4 Å². The topological polar surface area (TPSA) is 85.8 Å². The molecule has 1 unspecified atom stereocenters. The van der Waals surface area contributed by atoms with E-state index in [1.54, 1.807) is 6.92 Å². The lowest BCUT2D eigenvalue weighted by Crippen LogP contribution is -2.42. The second kappa shape index (κ2) is 9.43. The summed E-state index contributed by atoms with van der Waals surface area (Å²) in [6.07, 6.45) is 3.08. The molecule has 1 saturated heterocycles. The SMILES string of the molecule is Cc1cc(OCC(=O)N2CCCC(CCN)C2)c2c(C)c(C)c(=O)oc2c1.Cl. The number of piperidine rings is 1. The number of nitrogens with zero attached hydrogens (tertiary/aromatic N) is 1. The number of halogens is 1. The molecule has 2 heterocycles. The molecule has 0 saturated carbocycles. The highest BCUT2D eigenvalue weighted by molar-refractivity contribution is 5.88. The first-order valence-corrected chi connectivity index (χ1v) is 9.56. The normalized spacial score (nSPS) is 16.7. The Morgan fingerprint density at radius 1 is 1.29 bits per heavy atom. The van der Waals surface area contributed by atoms with E-state index in [1.807, 2.05) is 30.9 Å². The zero-order valence-electron chi connectivity index (χ0n) is 16.7. The van der Waals surface area contributed by atoms with Crippen molar-refractivity contribution in [1.82, 2.24) is 4.90 Å². The van der Waals surface area contributed by atoms with Crippen LogP contribution in [0.4, 0.5) is 0 Å². The molecule has 2 aromatic rings. The van der Waals surface area contributed by atoms with Crippen LogP contribution in [0.1, 0.15) is 36.0 Å². The van der Waals surface area contributed by atoms with Crippen molar-refractivity contribution in [2.75, 3.05) is 26.2 Å². The number of fused-ring (bicyclic) bond motifs is 1. The molecule has 1 aromatic carbocycles. The van der Waals surface area contributed by atoms with E-state index in [-0.39, 0.29) is 30.5 Å². The number of carbonyl (C=O) groups excluding carboxylic acids is 1. The minimum atomic E-state index is -0.341. The largest absolute Gasteiger partial charge is 0.483 e. The Kier molecular flexibility index (Phi) is 7.49. The average Bonchev–Trinajstić information content (AvgIpc) is 2.64. The van der Waals surface area contributed by atoms with Gasteiger partial charge in [-0.1, -0.05) is 0 Å². The molecule has 1 aliphatic heterocycles. The van der Waals surface area contributed by atoms with Crippen LogP contribution in [0.3, 0.4) is 0 Å². The molecule has 1 fully saturated rings. The van der Waals surface area contributed by atoms with Gasteiger partial charge in [0.1, 0.15) is 11.3 Å². The predicted molar refractivity (Wildman–Crippen MR) is 112 cm³/mol. The molecule has 1 aromatic heterocycles. The Labute approximate surface area is 171 Å². The van der Waals surface area contributed by atoms with Crippen LogP contribution in [0.15, 0.2) is 21.3 Å². The molecule has 28 heavy (non-hydrogen) atoms. The molecule has 0 aliphatic carbocycles. The highest BCUT2D eigenvalue weighted by Gasteiger charge is 2.24. The van der Waals surface area contributed by atoms with Crippen molar-refractivity contribution in [1.29, 1.82) is 0 Å². The minimum absolute atomic E-state index is 0. The summed E-state index contributed by atoms with van der Waals surface area (Å²) in [5.74, 6) is 1.04. The fourth-order valence-corrected chi connectivity index (χ4v) is 3.80. The van der Waals surface area contributed by atoms with E-state index in [1.165, 1.54) is 0 Å². The maximum atomic E-state index is 12.6. The van der Waals surface area contributed by atoms with Crippen molar-refractivity contribution < 1.29 is 13.9 Å². The van der Waals surface area contributed by atoms with Crippen LogP contribution in [0, 0.1) is 26.7 Å². The van der Waals surface area contributed by atoms with Gasteiger partial charge < -0.3 is 19.8 Å². The number of likely N-dealkylation sites (tertiary alicyclic amines) is 1. The molecular weight excluding hydrogens is 380 g/mol. The Bertz CT molecular complexity index is 907. The van der Waals surface area contributed by atoms with Gasteiger partial charge in [-0.05, 0) is 75.8 Å². The first kappa shape index (κ1) is 22.2. The van der Waals surface area contributed by atoms with Crippen molar-refractivity contribution in [2.45, 2.75) is 40.0 Å². The lowest BCUT2D eigenvalue weighted by atomic mass is 9.95. The molecule has 7 heteroatoms. The number of rotatable bonds is 5. The van der Waals surface area contributed by atoms with Crippen molar-refractivity contribution >= 4 is 29.3 Å². The highest BCUT2D eigenvalue weighted by Crippen LogP contribution is 2.31. The van der Waals surface area contributed by atoms with Crippen LogP contribution in [-0.4, -0.2) is 37.0 Å². The van der Waals surface area contributed by atoms with E-state index in [9.17, 15) is 9.59 Å². The molecule has 2 N–H and O–H groups in total. The first-order chi connectivity index (χ1) is 12.9. The number of benzene rings is 1. The van der Waals surface area contributed by atoms with E-state index in [2.05, 4.69) is 0 Å². The fraction of sp³-hybridized carbons (Fsp3) is 0.524. The zero-order chi connectivity index (χ0) is 19.6. The third kappa shape index (κ3) is 4.67. The average molecular weight is 409 g/mol. The molecule has 3 rings (SSSR count). The number of hydrogen-bond acceptors (Lipinski definition) is 5. The molecule has 1 atom stereocenters. The van der Waals surface area contributed by atoms with Gasteiger partial charge in [0.2, 0.25) is 0 Å². The van der Waals surface area contributed by atoms with Gasteiger partial charge in [-0.15, -0.1) is 12.4 Å². The van der Waals surface area contributed by atoms with Gasteiger partial charge in [-0.3, -0.25) is 4.79 Å². The summed E-state index contributed by atoms with van der Waals surface area (Å²) in [4.78, 5) is 26.5. The minimum Gasteiger partial charge on any atom is -0.483 e. The van der Waals surface area contributed by atoms with E-state index in [0.29, 0.717) is 29.4 Å². The van der Waals surface area contributed by atoms with Crippen molar-refractivity contribution in [3.8, 4) is 5.75 Å². The molecule has 0 bridgehead atoms. The highest BCUT2D eigenvalue weighted by atomic mass is 35.5. The lowest BCUT2D eigenvalue weighted by Gasteiger charge is -2.32. The van der Waals surface area contributed by atoms with Gasteiger partial charge >= 0.3 is 5.63 Å². The summed E-state index contributed by atoms with van der Waals surface area (Å²) in [6.45, 7) is 7.67. The number of carbonyl (C=O) groups is 1. The van der Waals surface area contributed by atoms with Crippen LogP contribution < -0.4 is 16.1 Å². The Morgan fingerprint density at radius 2 is 2.04 bits per heavy atom. The lowest BCUT2D eigenvalue weighted by molar-refractivity contribution is -0.135. The maximum Gasteiger partial charge on any atom is 0.339 e. The van der Waals surface area contributed by atoms with Gasteiger partial charge in [0.15, 0.2) is 6.61 Å². The zero-order valence-corrected chi connectivity index (χ0v) is 17.6. The second-order valence-electron chi connectivity index (χ2n) is 7.49. The van der Waals surface area contributed by atoms with Gasteiger partial charge in [0.25, 0.3) is 5.91 Å². The number of ether oxygens (including phenoxy) is 1. The predicted octanol–water partition coefficient (Wildman–Crippen LogP) is 3.11. The summed E-state index contributed by atoms with van der Waals surface area (Å²) >= 11 is 0. The molecule has 6 nitrogen and oxygen atoms in total. The molecule has 1 aliphatic rings. The molecule has 0 radical (unpaired) electrons. The van der Waals surface area contributed by atoms with Gasteiger partial charge in [0.05, 0.1) is 5.39 Å². The third-order valence-electron chi connectivity index (χ3n) is 5.45. The number of hydrogen-bond donors (Lipinski definition) is 1. The van der Waals surface area contributed by atoms with Gasteiger partial charge in [0, 0.05) is 18.7 Å². The molecule has 154 valence electrons. The van der Waals surface area contributed by atoms with Gasteiger partial charge in [-0.25, -0.2) is 4.79 Å². The van der Waals surface area contributed by atoms with Crippen molar-refractivity contribution in [3.63, 3.8) is 0 Å². The molecular formula is C21H29ClN2O4. The van der Waals surface area contributed by atoms with E-state index < -0.39 is 0 Å². The Morgan fingerprint density at radius 3 is 2.75 bits per heavy atom. The molecule has 0 spiro atoms. The Hall–Kier alpha value is -2.05. The summed E-state index contributed by atoms with van der Waals surface area (Å²) in [5.41, 5.74) is 8.11. The van der Waals surface area contributed by atoms with E-state index in [0.717, 1.165) is 48.9 Å². The summed E-state index contributed by atoms with van der Waals surface area (Å²) in [5, 5.41) is 0.755.